The molecule has 1 fully saturated rings. The molecule has 2 aliphatic heterocycles. The monoisotopic (exact) mass is 206 g/mol. The minimum atomic E-state index is -0.108. The van der Waals surface area contributed by atoms with E-state index in [0.29, 0.717) is 6.04 Å². The molecule has 0 radical (unpaired) electrons. The predicted molar refractivity (Wildman–Crippen MR) is 56.2 cm³/mol. The summed E-state index contributed by atoms with van der Waals surface area (Å²) in [4.78, 5) is 13.8. The van der Waals surface area contributed by atoms with Gasteiger partial charge in [0.1, 0.15) is 11.4 Å². The lowest BCUT2D eigenvalue weighted by molar-refractivity contribution is 0.115. The van der Waals surface area contributed by atoms with Gasteiger partial charge < -0.3 is 15.0 Å². The summed E-state index contributed by atoms with van der Waals surface area (Å²) in [7, 11) is 0. The summed E-state index contributed by atoms with van der Waals surface area (Å²) in [5, 5.41) is 3.39. The van der Waals surface area contributed by atoms with Crippen LogP contribution in [0.4, 0.5) is 0 Å². The van der Waals surface area contributed by atoms with Crippen molar-refractivity contribution < 1.29 is 4.74 Å². The van der Waals surface area contributed by atoms with Crippen LogP contribution in [0, 0.1) is 0 Å². The first-order valence-corrected chi connectivity index (χ1v) is 5.31. The van der Waals surface area contributed by atoms with Crippen LogP contribution in [-0.2, 0) is 6.42 Å². The van der Waals surface area contributed by atoms with Crippen molar-refractivity contribution in [2.75, 3.05) is 6.54 Å². The Bertz CT molecular complexity index is 454. The number of rotatable bonds is 0. The molecule has 0 aromatic carbocycles. The van der Waals surface area contributed by atoms with Gasteiger partial charge in [0.2, 0.25) is 5.56 Å². The molecular formula is C11H14N2O2. The Morgan fingerprint density at radius 2 is 2.47 bits per heavy atom. The third-order valence-electron chi connectivity index (χ3n) is 3.26. The highest BCUT2D eigenvalue weighted by Crippen LogP contribution is 2.38. The first kappa shape index (κ1) is 8.97. The van der Waals surface area contributed by atoms with E-state index in [-0.39, 0.29) is 11.2 Å². The van der Waals surface area contributed by atoms with Gasteiger partial charge in [-0.3, -0.25) is 4.79 Å². The fourth-order valence-electron chi connectivity index (χ4n) is 2.63. The summed E-state index contributed by atoms with van der Waals surface area (Å²) in [6.07, 6.45) is 3.54. The zero-order chi connectivity index (χ0) is 10.5. The van der Waals surface area contributed by atoms with Crippen LogP contribution in [0.3, 0.4) is 0 Å². The van der Waals surface area contributed by atoms with Crippen LogP contribution in [0.5, 0.6) is 5.75 Å². The van der Waals surface area contributed by atoms with Gasteiger partial charge in [-0.25, -0.2) is 0 Å². The summed E-state index contributed by atoms with van der Waals surface area (Å²) in [6.45, 7) is 3.03. The lowest BCUT2D eigenvalue weighted by Crippen LogP contribution is -2.36. The van der Waals surface area contributed by atoms with Crippen molar-refractivity contribution in [1.29, 1.82) is 0 Å². The van der Waals surface area contributed by atoms with Crippen LogP contribution in [-0.4, -0.2) is 23.2 Å². The summed E-state index contributed by atoms with van der Waals surface area (Å²) in [6, 6.07) is 2.14. The molecular weight excluding hydrogens is 192 g/mol. The van der Waals surface area contributed by atoms with Gasteiger partial charge in [-0.2, -0.15) is 0 Å². The normalized spacial score (nSPS) is 33.0. The molecule has 4 nitrogen and oxygen atoms in total. The third-order valence-corrected chi connectivity index (χ3v) is 3.26. The molecule has 2 atom stereocenters. The Balaban J connectivity index is 1.95. The van der Waals surface area contributed by atoms with Crippen LogP contribution >= 0.6 is 0 Å². The molecule has 0 unspecified atom stereocenters. The fourth-order valence-corrected chi connectivity index (χ4v) is 2.63. The van der Waals surface area contributed by atoms with Crippen molar-refractivity contribution >= 4 is 0 Å². The molecule has 1 spiro atoms. The zero-order valence-corrected chi connectivity index (χ0v) is 8.67. The summed E-state index contributed by atoms with van der Waals surface area (Å²) in [5.41, 5.74) is 0.881. The smallest absolute Gasteiger partial charge is 0.248 e. The highest BCUT2D eigenvalue weighted by molar-refractivity contribution is 5.37. The van der Waals surface area contributed by atoms with E-state index in [4.69, 9.17) is 4.74 Å². The average molecular weight is 206 g/mol. The number of hydrogen-bond donors (Lipinski definition) is 2. The summed E-state index contributed by atoms with van der Waals surface area (Å²) >= 11 is 0. The van der Waals surface area contributed by atoms with E-state index in [1.54, 1.807) is 12.3 Å². The highest BCUT2D eigenvalue weighted by Gasteiger charge is 2.44. The maximum absolute atomic E-state index is 11.2. The highest BCUT2D eigenvalue weighted by atomic mass is 16.5. The quantitative estimate of drug-likeness (QED) is 0.647. The van der Waals surface area contributed by atoms with E-state index in [0.717, 1.165) is 30.7 Å². The van der Waals surface area contributed by atoms with Crippen LogP contribution < -0.4 is 15.6 Å². The van der Waals surface area contributed by atoms with Gasteiger partial charge in [0, 0.05) is 43.3 Å². The van der Waals surface area contributed by atoms with E-state index in [1.807, 2.05) is 0 Å². The number of aromatic amines is 1. The van der Waals surface area contributed by atoms with E-state index in [9.17, 15) is 4.79 Å². The largest absolute Gasteiger partial charge is 0.484 e. The van der Waals surface area contributed by atoms with E-state index in [2.05, 4.69) is 17.2 Å². The number of aromatic nitrogens is 1. The number of ether oxygens (including phenoxy) is 1. The molecule has 1 aromatic rings. The van der Waals surface area contributed by atoms with Crippen LogP contribution in [0.2, 0.25) is 0 Å². The molecule has 0 bridgehead atoms. The number of nitrogens with one attached hydrogen (secondary N) is 2. The number of pyridine rings is 1. The van der Waals surface area contributed by atoms with Crippen molar-refractivity contribution in [2.24, 2.45) is 0 Å². The Hall–Kier alpha value is -1.29. The Morgan fingerprint density at radius 3 is 3.20 bits per heavy atom. The molecule has 0 amide bonds. The summed E-state index contributed by atoms with van der Waals surface area (Å²) in [5.74, 6) is 0.838. The second-order valence-corrected chi connectivity index (χ2v) is 4.63. The van der Waals surface area contributed by atoms with Crippen LogP contribution in [0.1, 0.15) is 18.9 Å². The number of hydrogen-bond acceptors (Lipinski definition) is 3. The Morgan fingerprint density at radius 1 is 1.60 bits per heavy atom. The molecule has 2 N–H and O–H groups in total. The van der Waals surface area contributed by atoms with Gasteiger partial charge in [0.05, 0.1) is 0 Å². The van der Waals surface area contributed by atoms with Crippen molar-refractivity contribution in [3.8, 4) is 5.75 Å². The van der Waals surface area contributed by atoms with Gasteiger partial charge in [-0.15, -0.1) is 0 Å². The molecule has 80 valence electrons. The molecule has 2 aliphatic rings. The molecule has 1 saturated heterocycles. The fraction of sp³-hybridized carbons (Fsp3) is 0.545. The molecule has 3 heterocycles. The topological polar surface area (TPSA) is 54.1 Å². The van der Waals surface area contributed by atoms with Gasteiger partial charge in [0.25, 0.3) is 0 Å². The van der Waals surface area contributed by atoms with Crippen LogP contribution in [0.25, 0.3) is 0 Å². The predicted octanol–water partition coefficient (Wildman–Crippen LogP) is 0.430. The van der Waals surface area contributed by atoms with Crippen LogP contribution in [0.15, 0.2) is 17.1 Å². The average Bonchev–Trinajstić information content (AvgIpc) is 2.69. The molecule has 0 saturated carbocycles. The van der Waals surface area contributed by atoms with Crippen molar-refractivity contribution in [1.82, 2.24) is 10.3 Å². The second-order valence-electron chi connectivity index (χ2n) is 4.63. The lowest BCUT2D eigenvalue weighted by atomic mass is 9.95. The van der Waals surface area contributed by atoms with Gasteiger partial charge >= 0.3 is 0 Å². The van der Waals surface area contributed by atoms with Gasteiger partial charge in [0.15, 0.2) is 0 Å². The van der Waals surface area contributed by atoms with Crippen molar-refractivity contribution in [3.05, 3.63) is 28.2 Å². The molecule has 3 rings (SSSR count). The van der Waals surface area contributed by atoms with Crippen molar-refractivity contribution in [2.45, 2.75) is 31.4 Å². The second kappa shape index (κ2) is 2.85. The summed E-state index contributed by atoms with van der Waals surface area (Å²) < 4.78 is 5.95. The van der Waals surface area contributed by atoms with Gasteiger partial charge in [-0.1, -0.05) is 0 Å². The number of H-pyrrole nitrogens is 1. The first-order chi connectivity index (χ1) is 7.17. The number of fused-ring (bicyclic) bond motifs is 1. The first-order valence-electron chi connectivity index (χ1n) is 5.31. The van der Waals surface area contributed by atoms with E-state index >= 15 is 0 Å². The maximum Gasteiger partial charge on any atom is 0.248 e. The zero-order valence-electron chi connectivity index (χ0n) is 8.67. The maximum atomic E-state index is 11.2. The minimum Gasteiger partial charge on any atom is -0.484 e. The Kier molecular flexibility index (Phi) is 1.71. The molecule has 4 heteroatoms. The standard InChI is InChI=1S/C11H14N2O2/c1-7-3-11(6-13-7)4-8-2-10(14)12-5-9(8)15-11/h2,5,7,13H,3-4,6H2,1H3,(H,12,14)/t7-,11-/m0/s1. The lowest BCUT2D eigenvalue weighted by Gasteiger charge is -2.21. The molecule has 15 heavy (non-hydrogen) atoms. The molecule has 0 aliphatic carbocycles. The third kappa shape index (κ3) is 1.36. The Labute approximate surface area is 87.7 Å². The van der Waals surface area contributed by atoms with Gasteiger partial charge in [-0.05, 0) is 6.92 Å². The van der Waals surface area contributed by atoms with E-state index < -0.39 is 0 Å². The SMILES string of the molecule is C[C@H]1C[C@@]2(CN1)Cc1cc(=O)[nH]cc1O2. The van der Waals surface area contributed by atoms with E-state index in [1.165, 1.54) is 0 Å². The minimum absolute atomic E-state index is 0.0478. The van der Waals surface area contributed by atoms with Crippen molar-refractivity contribution in [3.63, 3.8) is 0 Å². The molecule has 1 aromatic heterocycles.